The minimum absolute atomic E-state index is 0.0116. The van der Waals surface area contributed by atoms with Gasteiger partial charge in [-0.05, 0) is 67.4 Å². The molecular weight excluding hydrogens is 542 g/mol. The summed E-state index contributed by atoms with van der Waals surface area (Å²) < 4.78 is 93.8. The van der Waals surface area contributed by atoms with Crippen LogP contribution in [0.5, 0.6) is 11.5 Å². The zero-order valence-electron chi connectivity index (χ0n) is 21.1. The fraction of sp³-hybridized carbons (Fsp3) is 0.296. The summed E-state index contributed by atoms with van der Waals surface area (Å²) in [5, 5.41) is 9.57. The summed E-state index contributed by atoms with van der Waals surface area (Å²) in [5.74, 6) is -1.42. The van der Waals surface area contributed by atoms with Crippen molar-refractivity contribution in [1.29, 1.82) is 0 Å². The number of aliphatic carboxylic acids is 1. The van der Waals surface area contributed by atoms with Gasteiger partial charge in [-0.15, -0.1) is 0 Å². The second kappa shape index (κ2) is 10.1. The summed E-state index contributed by atoms with van der Waals surface area (Å²) in [5.41, 5.74) is -1.66. The first-order chi connectivity index (χ1) is 18.1. The molecule has 0 aliphatic carbocycles. The first-order valence-corrected chi connectivity index (χ1v) is 13.1. The fourth-order valence-electron chi connectivity index (χ4n) is 4.29. The summed E-state index contributed by atoms with van der Waals surface area (Å²) >= 11 is 0. The van der Waals surface area contributed by atoms with Crippen LogP contribution >= 0.6 is 0 Å². The van der Waals surface area contributed by atoms with Crippen LogP contribution in [-0.4, -0.2) is 39.3 Å². The van der Waals surface area contributed by atoms with Crippen molar-refractivity contribution in [1.82, 2.24) is 0 Å². The molecule has 1 heterocycles. The number of benzene rings is 3. The summed E-state index contributed by atoms with van der Waals surface area (Å²) in [7, 11) is -3.22. The molecule has 12 heteroatoms. The molecule has 3 aromatic carbocycles. The van der Waals surface area contributed by atoms with Crippen LogP contribution in [0.25, 0.3) is 11.1 Å². The lowest BCUT2D eigenvalue weighted by Crippen LogP contribution is -2.46. The summed E-state index contributed by atoms with van der Waals surface area (Å²) in [6.07, 6.45) is -5.78. The number of hydrogen-bond acceptors (Lipinski definition) is 5. The van der Waals surface area contributed by atoms with Crippen molar-refractivity contribution in [2.75, 3.05) is 18.0 Å². The number of carboxylic acids is 1. The van der Waals surface area contributed by atoms with Crippen LogP contribution < -0.4 is 13.8 Å². The van der Waals surface area contributed by atoms with Gasteiger partial charge >= 0.3 is 12.1 Å². The molecule has 0 aromatic heterocycles. The first-order valence-electron chi connectivity index (χ1n) is 11.7. The number of methoxy groups -OCH3 is 1. The Balaban J connectivity index is 1.85. The van der Waals surface area contributed by atoms with Gasteiger partial charge in [-0.1, -0.05) is 12.1 Å². The van der Waals surface area contributed by atoms with Crippen molar-refractivity contribution in [3.63, 3.8) is 0 Å². The zero-order chi connectivity index (χ0) is 28.8. The van der Waals surface area contributed by atoms with E-state index in [9.17, 15) is 35.9 Å². The predicted molar refractivity (Wildman–Crippen MR) is 135 cm³/mol. The molecule has 0 unspecified atom stereocenters. The Morgan fingerprint density at radius 3 is 2.44 bits per heavy atom. The Morgan fingerprint density at radius 1 is 1.08 bits per heavy atom. The van der Waals surface area contributed by atoms with E-state index in [4.69, 9.17) is 9.47 Å². The minimum Gasteiger partial charge on any atom is -0.497 e. The summed E-state index contributed by atoms with van der Waals surface area (Å²) in [6.45, 7) is 2.55. The molecule has 3 aromatic rings. The maximum absolute atomic E-state index is 14.2. The highest BCUT2D eigenvalue weighted by molar-refractivity contribution is 7.92. The van der Waals surface area contributed by atoms with Gasteiger partial charge in [-0.25, -0.2) is 12.8 Å². The van der Waals surface area contributed by atoms with Gasteiger partial charge in [0, 0.05) is 12.5 Å². The number of rotatable bonds is 7. The van der Waals surface area contributed by atoms with Crippen LogP contribution in [0, 0.1) is 11.2 Å². The molecule has 1 N–H and O–H groups in total. The van der Waals surface area contributed by atoms with Crippen molar-refractivity contribution in [2.45, 2.75) is 37.4 Å². The normalized spacial score (nSPS) is 15.9. The first kappa shape index (κ1) is 28.2. The van der Waals surface area contributed by atoms with E-state index in [0.717, 1.165) is 22.5 Å². The van der Waals surface area contributed by atoms with Crippen LogP contribution in [0.3, 0.4) is 0 Å². The van der Waals surface area contributed by atoms with Crippen LogP contribution in [0.15, 0.2) is 65.6 Å². The topological polar surface area (TPSA) is 93.1 Å². The lowest BCUT2D eigenvalue weighted by molar-refractivity contribution is -0.148. The third kappa shape index (κ3) is 5.80. The average molecular weight is 568 g/mol. The monoisotopic (exact) mass is 567 g/mol. The molecular formula is C27H25F4NO6S. The number of anilines is 1. The Kier molecular flexibility index (Phi) is 7.28. The second-order valence-electron chi connectivity index (χ2n) is 9.76. The molecule has 1 aliphatic heterocycles. The number of hydrogen-bond donors (Lipinski definition) is 1. The van der Waals surface area contributed by atoms with Crippen LogP contribution in [0.2, 0.25) is 0 Å². The van der Waals surface area contributed by atoms with Crippen LogP contribution in [0.4, 0.5) is 23.2 Å². The molecule has 4 rings (SSSR count). The zero-order valence-corrected chi connectivity index (χ0v) is 21.9. The SMILES string of the molecule is COc1cc(F)cc(-c2ccc3c(c2)N(S(=O)(=O)c2cccc(C(F)(F)F)c2)C[C@H](CC(C)(C)C(=O)O)O3)c1. The van der Waals surface area contributed by atoms with E-state index >= 15 is 0 Å². The van der Waals surface area contributed by atoms with Gasteiger partial charge in [-0.3, -0.25) is 9.10 Å². The third-order valence-electron chi connectivity index (χ3n) is 6.40. The number of ether oxygens (including phenoxy) is 2. The van der Waals surface area contributed by atoms with E-state index in [1.54, 1.807) is 6.07 Å². The summed E-state index contributed by atoms with van der Waals surface area (Å²) in [4.78, 5) is 11.1. The number of alkyl halides is 3. The Morgan fingerprint density at radius 2 is 1.79 bits per heavy atom. The molecule has 0 radical (unpaired) electrons. The molecule has 0 fully saturated rings. The van der Waals surface area contributed by atoms with E-state index in [-0.39, 0.29) is 30.2 Å². The van der Waals surface area contributed by atoms with Gasteiger partial charge in [0.25, 0.3) is 10.0 Å². The predicted octanol–water partition coefficient (Wildman–Crippen LogP) is 5.98. The van der Waals surface area contributed by atoms with Crippen molar-refractivity contribution >= 4 is 21.7 Å². The highest BCUT2D eigenvalue weighted by atomic mass is 32.2. The van der Waals surface area contributed by atoms with Gasteiger partial charge in [0.1, 0.15) is 23.4 Å². The highest BCUT2D eigenvalue weighted by Crippen LogP contribution is 2.42. The molecule has 208 valence electrons. The van der Waals surface area contributed by atoms with Crippen molar-refractivity contribution in [3.05, 3.63) is 72.0 Å². The average Bonchev–Trinajstić information content (AvgIpc) is 2.86. The molecule has 0 saturated carbocycles. The maximum atomic E-state index is 14.2. The van der Waals surface area contributed by atoms with E-state index in [1.165, 1.54) is 51.3 Å². The number of carboxylic acid groups (broad SMARTS) is 1. The lowest BCUT2D eigenvalue weighted by atomic mass is 9.86. The highest BCUT2D eigenvalue weighted by Gasteiger charge is 2.40. The minimum atomic E-state index is -4.77. The van der Waals surface area contributed by atoms with Gasteiger partial charge in [-0.2, -0.15) is 13.2 Å². The molecule has 0 spiro atoms. The molecule has 0 amide bonds. The van der Waals surface area contributed by atoms with Gasteiger partial charge in [0.05, 0.1) is 35.2 Å². The van der Waals surface area contributed by atoms with E-state index < -0.39 is 50.0 Å². The maximum Gasteiger partial charge on any atom is 0.416 e. The Bertz CT molecular complexity index is 1520. The molecule has 7 nitrogen and oxygen atoms in total. The van der Waals surface area contributed by atoms with E-state index in [2.05, 4.69) is 0 Å². The molecule has 0 saturated heterocycles. The van der Waals surface area contributed by atoms with Crippen molar-refractivity contribution < 1.29 is 45.4 Å². The fourth-order valence-corrected chi connectivity index (χ4v) is 5.83. The second-order valence-corrected chi connectivity index (χ2v) is 11.6. The van der Waals surface area contributed by atoms with Gasteiger partial charge in [0.15, 0.2) is 0 Å². The molecule has 0 bridgehead atoms. The van der Waals surface area contributed by atoms with Crippen LogP contribution in [-0.2, 0) is 21.0 Å². The van der Waals surface area contributed by atoms with Crippen molar-refractivity contribution in [2.24, 2.45) is 5.41 Å². The van der Waals surface area contributed by atoms with Crippen LogP contribution in [0.1, 0.15) is 25.8 Å². The number of carbonyl (C=O) groups is 1. The molecule has 1 aliphatic rings. The number of sulfonamides is 1. The largest absolute Gasteiger partial charge is 0.497 e. The standard InChI is InChI=1S/C27H25F4NO6S/c1-26(2,25(33)34)14-21-15-32(39(35,36)22-6-4-5-18(12-22)27(29,30)31)23-11-16(7-8-24(23)38-21)17-9-19(28)13-20(10-17)37-3/h4-13,21H,14-15H2,1-3H3,(H,33,34)/t21-/m0/s1. The number of halogens is 4. The number of fused-ring (bicyclic) bond motifs is 1. The lowest BCUT2D eigenvalue weighted by Gasteiger charge is -2.38. The van der Waals surface area contributed by atoms with E-state index in [1.807, 2.05) is 0 Å². The van der Waals surface area contributed by atoms with Gasteiger partial charge in [0.2, 0.25) is 0 Å². The van der Waals surface area contributed by atoms with Crippen molar-refractivity contribution in [3.8, 4) is 22.6 Å². The smallest absolute Gasteiger partial charge is 0.416 e. The van der Waals surface area contributed by atoms with Gasteiger partial charge < -0.3 is 14.6 Å². The Hall–Kier alpha value is -3.80. The third-order valence-corrected chi connectivity index (χ3v) is 8.17. The molecule has 1 atom stereocenters. The van der Waals surface area contributed by atoms with E-state index in [0.29, 0.717) is 17.2 Å². The number of nitrogens with zero attached hydrogens (tertiary/aromatic N) is 1. The molecule has 39 heavy (non-hydrogen) atoms. The Labute approximate surface area is 222 Å². The summed E-state index contributed by atoms with van der Waals surface area (Å²) in [6, 6.07) is 11.7. The quantitative estimate of drug-likeness (QED) is 0.354.